The molecule has 1 aliphatic heterocycles. The van der Waals surface area contributed by atoms with Gasteiger partial charge in [0.1, 0.15) is 0 Å². The maximum atomic E-state index is 13.1. The quantitative estimate of drug-likeness (QED) is 0.385. The summed E-state index contributed by atoms with van der Waals surface area (Å²) < 4.78 is 5.09. The van der Waals surface area contributed by atoms with E-state index < -0.39 is 0 Å². The molecule has 1 aliphatic rings. The molecule has 2 N–H and O–H groups in total. The number of rotatable bonds is 12. The number of hydrogen-bond donors (Lipinski definition) is 2. The molecule has 6 heteroatoms. The molecule has 2 amide bonds. The van der Waals surface area contributed by atoms with Gasteiger partial charge in [-0.15, -0.1) is 0 Å². The van der Waals surface area contributed by atoms with Gasteiger partial charge in [0.15, 0.2) is 0 Å². The first-order valence-electron chi connectivity index (χ1n) is 13.1. The second-order valence-corrected chi connectivity index (χ2v) is 9.61. The number of benzene rings is 2. The van der Waals surface area contributed by atoms with Crippen molar-refractivity contribution in [3.05, 3.63) is 59.2 Å². The molecule has 2 aromatic rings. The monoisotopic (exact) mass is 479 g/mol. The lowest BCUT2D eigenvalue weighted by atomic mass is 9.97. The summed E-state index contributed by atoms with van der Waals surface area (Å²) in [5, 5.41) is 5.98. The maximum Gasteiger partial charge on any atom is 0.255 e. The molecule has 0 aromatic heterocycles. The zero-order valence-electron chi connectivity index (χ0n) is 21.6. The lowest BCUT2D eigenvalue weighted by molar-refractivity contribution is 0.0947. The molecule has 0 spiro atoms. The summed E-state index contributed by atoms with van der Waals surface area (Å²) in [6.07, 6.45) is 7.60. The summed E-state index contributed by atoms with van der Waals surface area (Å²) in [6.45, 7) is 7.48. The first-order chi connectivity index (χ1) is 17.0. The molecular weight excluding hydrogens is 438 g/mol. The summed E-state index contributed by atoms with van der Waals surface area (Å²) >= 11 is 0. The van der Waals surface area contributed by atoms with Crippen molar-refractivity contribution in [3.8, 4) is 0 Å². The van der Waals surface area contributed by atoms with E-state index in [2.05, 4.69) is 29.4 Å². The lowest BCUT2D eigenvalue weighted by Gasteiger charge is -2.33. The van der Waals surface area contributed by atoms with E-state index in [0.29, 0.717) is 35.9 Å². The molecular formula is C29H41N3O3. The Morgan fingerprint density at radius 3 is 2.43 bits per heavy atom. The van der Waals surface area contributed by atoms with Crippen molar-refractivity contribution >= 4 is 23.2 Å². The molecule has 2 aromatic carbocycles. The van der Waals surface area contributed by atoms with Crippen LogP contribution < -0.4 is 15.5 Å². The molecule has 6 nitrogen and oxygen atoms in total. The number of methoxy groups -OCH3 is 1. The molecule has 0 unspecified atom stereocenters. The summed E-state index contributed by atoms with van der Waals surface area (Å²) in [6, 6.07) is 13.5. The minimum absolute atomic E-state index is 0.123. The summed E-state index contributed by atoms with van der Waals surface area (Å²) in [4.78, 5) is 28.3. The fourth-order valence-corrected chi connectivity index (χ4v) is 4.44. The van der Waals surface area contributed by atoms with E-state index in [1.165, 1.54) is 24.8 Å². The van der Waals surface area contributed by atoms with Gasteiger partial charge in [-0.25, -0.2) is 0 Å². The van der Waals surface area contributed by atoms with Crippen LogP contribution in [0, 0.1) is 5.92 Å². The molecule has 1 heterocycles. The van der Waals surface area contributed by atoms with E-state index in [1.54, 1.807) is 13.2 Å². The first kappa shape index (κ1) is 26.7. The SMILES string of the molecule is CCCCCc1ccc(C(=O)Nc2ccc(N3CCC(C)CC3)c(C(=O)NCCCOC)c2)cc1. The highest BCUT2D eigenvalue weighted by molar-refractivity contribution is 6.06. The van der Waals surface area contributed by atoms with Gasteiger partial charge < -0.3 is 20.3 Å². The third-order valence-electron chi connectivity index (χ3n) is 6.72. The number of carbonyl (C=O) groups is 2. The zero-order valence-corrected chi connectivity index (χ0v) is 21.6. The highest BCUT2D eigenvalue weighted by atomic mass is 16.5. The van der Waals surface area contributed by atoms with Crippen molar-refractivity contribution in [3.63, 3.8) is 0 Å². The molecule has 0 bridgehead atoms. The molecule has 1 fully saturated rings. The molecule has 3 rings (SSSR count). The predicted molar refractivity (Wildman–Crippen MR) is 144 cm³/mol. The largest absolute Gasteiger partial charge is 0.385 e. The normalized spacial score (nSPS) is 14.1. The first-order valence-corrected chi connectivity index (χ1v) is 13.1. The van der Waals surface area contributed by atoms with Gasteiger partial charge in [-0.1, -0.05) is 38.8 Å². The van der Waals surface area contributed by atoms with E-state index in [-0.39, 0.29) is 11.8 Å². The van der Waals surface area contributed by atoms with E-state index >= 15 is 0 Å². The van der Waals surface area contributed by atoms with Gasteiger partial charge in [-0.3, -0.25) is 9.59 Å². The Hall–Kier alpha value is -2.86. The molecule has 0 saturated carbocycles. The number of piperidine rings is 1. The molecule has 0 radical (unpaired) electrons. The van der Waals surface area contributed by atoms with Crippen LogP contribution in [0.3, 0.4) is 0 Å². The van der Waals surface area contributed by atoms with Crippen LogP contribution in [0.5, 0.6) is 0 Å². The zero-order chi connectivity index (χ0) is 25.0. The number of aryl methyl sites for hydroxylation is 1. The van der Waals surface area contributed by atoms with Crippen LogP contribution in [0.1, 0.15) is 78.7 Å². The number of unbranched alkanes of at least 4 members (excludes halogenated alkanes) is 2. The fraction of sp³-hybridized carbons (Fsp3) is 0.517. The van der Waals surface area contributed by atoms with E-state index in [4.69, 9.17) is 4.74 Å². The highest BCUT2D eigenvalue weighted by Gasteiger charge is 2.22. The van der Waals surface area contributed by atoms with E-state index in [0.717, 1.165) is 44.5 Å². The van der Waals surface area contributed by atoms with Crippen molar-refractivity contribution < 1.29 is 14.3 Å². The van der Waals surface area contributed by atoms with Gasteiger partial charge in [-0.05, 0) is 73.9 Å². The topological polar surface area (TPSA) is 70.7 Å². The number of amides is 2. The number of anilines is 2. The van der Waals surface area contributed by atoms with Crippen LogP contribution in [0.25, 0.3) is 0 Å². The third-order valence-corrected chi connectivity index (χ3v) is 6.72. The minimum atomic E-state index is -0.170. The maximum absolute atomic E-state index is 13.1. The second-order valence-electron chi connectivity index (χ2n) is 9.61. The predicted octanol–water partition coefficient (Wildman–Crippen LogP) is 5.67. The van der Waals surface area contributed by atoms with Gasteiger partial charge >= 0.3 is 0 Å². The lowest BCUT2D eigenvalue weighted by Crippen LogP contribution is -2.35. The second kappa shape index (κ2) is 13.9. The average Bonchev–Trinajstić information content (AvgIpc) is 2.87. The molecule has 0 aliphatic carbocycles. The van der Waals surface area contributed by atoms with Crippen LogP contribution in [0.4, 0.5) is 11.4 Å². The molecule has 1 saturated heterocycles. The molecule has 190 valence electrons. The summed E-state index contributed by atoms with van der Waals surface area (Å²) in [5.41, 5.74) is 4.02. The summed E-state index contributed by atoms with van der Waals surface area (Å²) in [7, 11) is 1.66. The molecule has 0 atom stereocenters. The van der Waals surface area contributed by atoms with Crippen LogP contribution in [-0.2, 0) is 11.2 Å². The summed E-state index contributed by atoms with van der Waals surface area (Å²) in [5.74, 6) is 0.410. The number of ether oxygens (including phenoxy) is 1. The number of nitrogens with one attached hydrogen (secondary N) is 2. The van der Waals surface area contributed by atoms with Crippen molar-refractivity contribution in [2.24, 2.45) is 5.92 Å². The Kier molecular flexibility index (Phi) is 10.6. The van der Waals surface area contributed by atoms with E-state index in [1.807, 2.05) is 36.4 Å². The van der Waals surface area contributed by atoms with Crippen LogP contribution in [0.15, 0.2) is 42.5 Å². The van der Waals surface area contributed by atoms with Gasteiger partial charge in [0.2, 0.25) is 0 Å². The number of nitrogens with zero attached hydrogens (tertiary/aromatic N) is 1. The Labute approximate surface area is 210 Å². The van der Waals surface area contributed by atoms with Gasteiger partial charge in [0, 0.05) is 50.3 Å². The highest BCUT2D eigenvalue weighted by Crippen LogP contribution is 2.29. The van der Waals surface area contributed by atoms with Crippen molar-refractivity contribution in [2.45, 2.75) is 58.8 Å². The Morgan fingerprint density at radius 1 is 1.00 bits per heavy atom. The van der Waals surface area contributed by atoms with E-state index in [9.17, 15) is 9.59 Å². The Morgan fingerprint density at radius 2 is 1.74 bits per heavy atom. The smallest absolute Gasteiger partial charge is 0.255 e. The van der Waals surface area contributed by atoms with Crippen LogP contribution >= 0.6 is 0 Å². The van der Waals surface area contributed by atoms with Gasteiger partial charge in [-0.2, -0.15) is 0 Å². The standard InChI is InChI=1S/C29H41N3O3/c1-4-5-6-8-23-9-11-24(12-10-23)28(33)31-25-13-14-27(32-18-15-22(2)16-19-32)26(21-25)29(34)30-17-7-20-35-3/h9-14,21-22H,4-8,15-20H2,1-3H3,(H,30,34)(H,31,33). The third kappa shape index (κ3) is 8.10. The molecule has 35 heavy (non-hydrogen) atoms. The van der Waals surface area contributed by atoms with Gasteiger partial charge in [0.05, 0.1) is 5.56 Å². The average molecular weight is 480 g/mol. The van der Waals surface area contributed by atoms with Crippen molar-refractivity contribution in [1.29, 1.82) is 0 Å². The van der Waals surface area contributed by atoms with Crippen molar-refractivity contribution in [2.75, 3.05) is 43.6 Å². The Balaban J connectivity index is 1.72. The van der Waals surface area contributed by atoms with Crippen LogP contribution in [0.2, 0.25) is 0 Å². The van der Waals surface area contributed by atoms with Crippen LogP contribution in [-0.4, -0.2) is 45.2 Å². The van der Waals surface area contributed by atoms with Crippen molar-refractivity contribution in [1.82, 2.24) is 5.32 Å². The van der Waals surface area contributed by atoms with Gasteiger partial charge in [0.25, 0.3) is 11.8 Å². The fourth-order valence-electron chi connectivity index (χ4n) is 4.44. The Bertz CT molecular complexity index is 950. The minimum Gasteiger partial charge on any atom is -0.385 e. The number of hydrogen-bond acceptors (Lipinski definition) is 4. The number of carbonyl (C=O) groups excluding carboxylic acids is 2.